The number of hydrogen-bond acceptors (Lipinski definition) is 1. The lowest BCUT2D eigenvalue weighted by Crippen LogP contribution is -2.70. The van der Waals surface area contributed by atoms with Gasteiger partial charge in [-0.2, -0.15) is 48.3 Å². The molecule has 0 aliphatic carbocycles. The lowest BCUT2D eigenvalue weighted by Gasteiger charge is -2.34. The van der Waals surface area contributed by atoms with E-state index in [4.69, 9.17) is 0 Å². The standard InChI is InChI=1S/C5HF12N/c6-1(2(7,8)9,3(10,11)12)18-5(16,17)4(13,14)15/h18H. The van der Waals surface area contributed by atoms with Crippen molar-refractivity contribution in [1.82, 2.24) is 5.32 Å². The van der Waals surface area contributed by atoms with Crippen molar-refractivity contribution in [3.05, 3.63) is 0 Å². The number of rotatable bonds is 2. The van der Waals surface area contributed by atoms with E-state index in [9.17, 15) is 52.7 Å². The summed E-state index contributed by atoms with van der Waals surface area (Å²) < 4.78 is 141. The van der Waals surface area contributed by atoms with Crippen molar-refractivity contribution in [3.8, 4) is 0 Å². The molecule has 0 atom stereocenters. The second kappa shape index (κ2) is 4.06. The maximum atomic E-state index is 12.5. The van der Waals surface area contributed by atoms with E-state index in [1.165, 1.54) is 0 Å². The second-order valence-electron chi connectivity index (χ2n) is 2.85. The zero-order valence-electron chi connectivity index (χ0n) is 7.54. The topological polar surface area (TPSA) is 12.0 Å². The third-order valence-corrected chi connectivity index (χ3v) is 1.47. The monoisotopic (exact) mass is 303 g/mol. The Bertz CT molecular complexity index is 279. The van der Waals surface area contributed by atoms with Crippen LogP contribution in [0.1, 0.15) is 0 Å². The molecule has 13 heteroatoms. The molecule has 0 saturated heterocycles. The maximum Gasteiger partial charge on any atom is 0.469 e. The molecule has 0 radical (unpaired) electrons. The summed E-state index contributed by atoms with van der Waals surface area (Å²) in [5.41, 5.74) is 0. The number of nitrogens with one attached hydrogen (secondary N) is 1. The Labute approximate surface area is 89.7 Å². The molecule has 0 saturated carbocycles. The Morgan fingerprint density at radius 3 is 0.889 bits per heavy atom. The van der Waals surface area contributed by atoms with Gasteiger partial charge in [0.1, 0.15) is 0 Å². The van der Waals surface area contributed by atoms with Gasteiger partial charge in [0, 0.05) is 0 Å². The average Bonchev–Trinajstić information content (AvgIpc) is 1.95. The molecule has 0 aromatic carbocycles. The molecule has 0 amide bonds. The van der Waals surface area contributed by atoms with Crippen LogP contribution < -0.4 is 5.32 Å². The minimum atomic E-state index is -7.07. The largest absolute Gasteiger partial charge is 0.469 e. The van der Waals surface area contributed by atoms with E-state index in [2.05, 4.69) is 0 Å². The fraction of sp³-hybridized carbons (Fsp3) is 1.00. The molecule has 110 valence electrons. The van der Waals surface area contributed by atoms with E-state index in [0.29, 0.717) is 0 Å². The third-order valence-electron chi connectivity index (χ3n) is 1.47. The fourth-order valence-corrected chi connectivity index (χ4v) is 0.590. The van der Waals surface area contributed by atoms with Gasteiger partial charge >= 0.3 is 30.4 Å². The van der Waals surface area contributed by atoms with Gasteiger partial charge in [0.2, 0.25) is 0 Å². The highest BCUT2D eigenvalue weighted by Crippen LogP contribution is 2.47. The van der Waals surface area contributed by atoms with Gasteiger partial charge in [0.25, 0.3) is 0 Å². The van der Waals surface area contributed by atoms with Gasteiger partial charge < -0.3 is 0 Å². The molecule has 0 bridgehead atoms. The Balaban J connectivity index is 5.58. The summed E-state index contributed by atoms with van der Waals surface area (Å²) in [6, 6.07) is -6.73. The molecule has 0 heterocycles. The van der Waals surface area contributed by atoms with E-state index < -0.39 is 35.7 Å². The molecular weight excluding hydrogens is 302 g/mol. The highest BCUT2D eigenvalue weighted by atomic mass is 19.4. The predicted molar refractivity (Wildman–Crippen MR) is 30.1 cm³/mol. The molecule has 0 unspecified atom stereocenters. The van der Waals surface area contributed by atoms with Gasteiger partial charge in [0.15, 0.2) is 0 Å². The van der Waals surface area contributed by atoms with E-state index >= 15 is 0 Å². The Morgan fingerprint density at radius 1 is 0.444 bits per heavy atom. The van der Waals surface area contributed by atoms with Crippen LogP contribution in [0.5, 0.6) is 0 Å². The lowest BCUT2D eigenvalue weighted by molar-refractivity contribution is -0.392. The van der Waals surface area contributed by atoms with Crippen LogP contribution in [0.3, 0.4) is 0 Å². The van der Waals surface area contributed by atoms with Crippen LogP contribution >= 0.6 is 0 Å². The van der Waals surface area contributed by atoms with Crippen LogP contribution in [-0.4, -0.2) is 30.4 Å². The first-order valence-electron chi connectivity index (χ1n) is 3.52. The second-order valence-corrected chi connectivity index (χ2v) is 2.85. The minimum absolute atomic E-state index is 1.39. The summed E-state index contributed by atoms with van der Waals surface area (Å²) in [6.07, 6.45) is -21.0. The van der Waals surface area contributed by atoms with Crippen molar-refractivity contribution in [2.75, 3.05) is 0 Å². The fourth-order valence-electron chi connectivity index (χ4n) is 0.590. The van der Waals surface area contributed by atoms with Crippen molar-refractivity contribution < 1.29 is 52.7 Å². The summed E-state index contributed by atoms with van der Waals surface area (Å²) in [5.74, 6) is -6.90. The van der Waals surface area contributed by atoms with Crippen LogP contribution in [0.4, 0.5) is 52.7 Å². The molecule has 0 fully saturated rings. The summed E-state index contributed by atoms with van der Waals surface area (Å²) in [6.45, 7) is 0. The highest BCUT2D eigenvalue weighted by Gasteiger charge is 2.78. The van der Waals surface area contributed by atoms with E-state index in [1.54, 1.807) is 0 Å². The zero-order chi connectivity index (χ0) is 15.2. The van der Waals surface area contributed by atoms with Gasteiger partial charge in [-0.3, -0.25) is 0 Å². The van der Waals surface area contributed by atoms with Crippen LogP contribution in [0.25, 0.3) is 0 Å². The zero-order valence-corrected chi connectivity index (χ0v) is 7.54. The quantitative estimate of drug-likeness (QED) is 0.608. The average molecular weight is 303 g/mol. The first kappa shape index (κ1) is 17.1. The van der Waals surface area contributed by atoms with Crippen molar-refractivity contribution in [2.24, 2.45) is 0 Å². The van der Waals surface area contributed by atoms with Gasteiger partial charge in [-0.05, 0) is 0 Å². The van der Waals surface area contributed by atoms with E-state index in [1.807, 2.05) is 0 Å². The van der Waals surface area contributed by atoms with Crippen molar-refractivity contribution in [1.29, 1.82) is 0 Å². The molecule has 0 aromatic rings. The lowest BCUT2D eigenvalue weighted by atomic mass is 10.2. The summed E-state index contributed by atoms with van der Waals surface area (Å²) >= 11 is 0. The molecule has 0 rings (SSSR count). The molecule has 0 aromatic heterocycles. The van der Waals surface area contributed by atoms with Gasteiger partial charge in [0.05, 0.1) is 0 Å². The Morgan fingerprint density at radius 2 is 0.722 bits per heavy atom. The van der Waals surface area contributed by atoms with Gasteiger partial charge in [-0.1, -0.05) is 0 Å². The summed E-state index contributed by atoms with van der Waals surface area (Å²) in [7, 11) is 0. The van der Waals surface area contributed by atoms with Crippen molar-refractivity contribution >= 4 is 0 Å². The first-order chi connectivity index (χ1) is 7.46. The summed E-state index contributed by atoms with van der Waals surface area (Å²) in [4.78, 5) is 0. The van der Waals surface area contributed by atoms with Crippen LogP contribution in [-0.2, 0) is 0 Å². The highest BCUT2D eigenvalue weighted by molar-refractivity contribution is 4.96. The number of hydrogen-bond donors (Lipinski definition) is 1. The molecule has 0 aliphatic heterocycles. The Kier molecular flexibility index (Phi) is 3.86. The molecule has 0 aliphatic rings. The smallest absolute Gasteiger partial charge is 0.206 e. The SMILES string of the molecule is FC(F)(F)C(F)(F)NC(F)(C(F)(F)F)C(F)(F)F. The van der Waals surface area contributed by atoms with Crippen LogP contribution in [0.2, 0.25) is 0 Å². The van der Waals surface area contributed by atoms with Crippen LogP contribution in [0.15, 0.2) is 0 Å². The molecule has 1 N–H and O–H groups in total. The molecular formula is C5HF12N. The number of alkyl halides is 12. The molecule has 1 nitrogen and oxygen atoms in total. The first-order valence-corrected chi connectivity index (χ1v) is 3.52. The normalized spacial score (nSPS) is 16.0. The maximum absolute atomic E-state index is 12.5. The minimum Gasteiger partial charge on any atom is -0.206 e. The third kappa shape index (κ3) is 2.92. The van der Waals surface area contributed by atoms with E-state index in [0.717, 1.165) is 0 Å². The van der Waals surface area contributed by atoms with Gasteiger partial charge in [-0.25, -0.2) is 9.71 Å². The summed E-state index contributed by atoms with van der Waals surface area (Å²) in [5, 5.41) is -1.39. The van der Waals surface area contributed by atoms with Crippen LogP contribution in [0, 0.1) is 0 Å². The molecule has 0 spiro atoms. The predicted octanol–water partition coefficient (Wildman–Crippen LogP) is 3.52. The van der Waals surface area contributed by atoms with Crippen molar-refractivity contribution in [2.45, 2.75) is 30.4 Å². The van der Waals surface area contributed by atoms with E-state index in [-0.39, 0.29) is 0 Å². The van der Waals surface area contributed by atoms with Gasteiger partial charge in [-0.15, -0.1) is 0 Å². The number of halogens is 12. The van der Waals surface area contributed by atoms with Crippen molar-refractivity contribution in [3.63, 3.8) is 0 Å². The Hall–Kier alpha value is -0.880. The molecule has 18 heavy (non-hydrogen) atoms.